The Morgan fingerprint density at radius 1 is 1.29 bits per heavy atom. The van der Waals surface area contributed by atoms with Crippen LogP contribution in [0, 0.1) is 5.92 Å². The fourth-order valence-corrected chi connectivity index (χ4v) is 2.29. The van der Waals surface area contributed by atoms with Gasteiger partial charge in [0.1, 0.15) is 0 Å². The SMILES string of the molecule is COCCOCCCNCC1CCCN(C)C1. The maximum Gasteiger partial charge on any atom is 0.0700 e. The highest BCUT2D eigenvalue weighted by Crippen LogP contribution is 2.13. The van der Waals surface area contributed by atoms with Gasteiger partial charge in [-0.15, -0.1) is 0 Å². The van der Waals surface area contributed by atoms with Crippen LogP contribution in [0.1, 0.15) is 19.3 Å². The minimum absolute atomic E-state index is 0.696. The highest BCUT2D eigenvalue weighted by Gasteiger charge is 2.15. The lowest BCUT2D eigenvalue weighted by Gasteiger charge is -2.29. The van der Waals surface area contributed by atoms with E-state index in [9.17, 15) is 0 Å². The van der Waals surface area contributed by atoms with Crippen LogP contribution in [0.2, 0.25) is 0 Å². The van der Waals surface area contributed by atoms with Gasteiger partial charge in [0.05, 0.1) is 13.2 Å². The van der Waals surface area contributed by atoms with Gasteiger partial charge < -0.3 is 19.7 Å². The number of methoxy groups -OCH3 is 1. The van der Waals surface area contributed by atoms with Gasteiger partial charge in [-0.1, -0.05) is 0 Å². The van der Waals surface area contributed by atoms with Gasteiger partial charge in [-0.05, 0) is 51.9 Å². The van der Waals surface area contributed by atoms with Gasteiger partial charge in [-0.2, -0.15) is 0 Å². The van der Waals surface area contributed by atoms with E-state index in [1.807, 2.05) is 0 Å². The molecule has 1 atom stereocenters. The predicted molar refractivity (Wildman–Crippen MR) is 70.4 cm³/mol. The minimum atomic E-state index is 0.696. The largest absolute Gasteiger partial charge is 0.382 e. The zero-order chi connectivity index (χ0) is 12.3. The van der Waals surface area contributed by atoms with E-state index in [1.165, 1.54) is 25.9 Å². The van der Waals surface area contributed by atoms with Crippen molar-refractivity contribution in [2.45, 2.75) is 19.3 Å². The van der Waals surface area contributed by atoms with Crippen LogP contribution in [0.4, 0.5) is 0 Å². The molecule has 1 aliphatic heterocycles. The van der Waals surface area contributed by atoms with Crippen molar-refractivity contribution in [3.8, 4) is 0 Å². The molecule has 0 amide bonds. The Hall–Kier alpha value is -0.160. The smallest absolute Gasteiger partial charge is 0.0700 e. The lowest BCUT2D eigenvalue weighted by Crippen LogP contribution is -2.37. The first-order chi connectivity index (χ1) is 8.33. The van der Waals surface area contributed by atoms with Crippen molar-refractivity contribution in [3.05, 3.63) is 0 Å². The third-order valence-corrected chi connectivity index (χ3v) is 3.23. The highest BCUT2D eigenvalue weighted by molar-refractivity contribution is 4.72. The fourth-order valence-electron chi connectivity index (χ4n) is 2.29. The van der Waals surface area contributed by atoms with E-state index in [2.05, 4.69) is 17.3 Å². The Morgan fingerprint density at radius 2 is 2.18 bits per heavy atom. The molecule has 1 aliphatic rings. The van der Waals surface area contributed by atoms with Gasteiger partial charge in [-0.3, -0.25) is 0 Å². The van der Waals surface area contributed by atoms with Crippen molar-refractivity contribution < 1.29 is 9.47 Å². The van der Waals surface area contributed by atoms with Crippen molar-refractivity contribution in [3.63, 3.8) is 0 Å². The standard InChI is InChI=1S/C13H28N2O2/c1-15-7-3-5-13(12-15)11-14-6-4-8-17-10-9-16-2/h13-14H,3-12H2,1-2H3. The highest BCUT2D eigenvalue weighted by atomic mass is 16.5. The van der Waals surface area contributed by atoms with E-state index in [4.69, 9.17) is 9.47 Å². The zero-order valence-electron chi connectivity index (χ0n) is 11.4. The summed E-state index contributed by atoms with van der Waals surface area (Å²) in [4.78, 5) is 2.43. The molecule has 1 saturated heterocycles. The van der Waals surface area contributed by atoms with Crippen molar-refractivity contribution in [1.82, 2.24) is 10.2 Å². The van der Waals surface area contributed by atoms with Crippen LogP contribution in [0.3, 0.4) is 0 Å². The summed E-state index contributed by atoms with van der Waals surface area (Å²) in [5.74, 6) is 0.836. The Morgan fingerprint density at radius 3 is 2.94 bits per heavy atom. The van der Waals surface area contributed by atoms with E-state index in [-0.39, 0.29) is 0 Å². The predicted octanol–water partition coefficient (Wildman–Crippen LogP) is 0.971. The van der Waals surface area contributed by atoms with Crippen molar-refractivity contribution in [2.24, 2.45) is 5.92 Å². The number of hydrogen-bond acceptors (Lipinski definition) is 4. The third kappa shape index (κ3) is 7.71. The quantitative estimate of drug-likeness (QED) is 0.613. The molecule has 1 fully saturated rings. The van der Waals surface area contributed by atoms with Gasteiger partial charge in [0.25, 0.3) is 0 Å². The summed E-state index contributed by atoms with van der Waals surface area (Å²) in [5, 5.41) is 3.53. The number of rotatable bonds is 9. The van der Waals surface area contributed by atoms with E-state index in [1.54, 1.807) is 7.11 Å². The molecule has 0 spiro atoms. The average molecular weight is 244 g/mol. The molecule has 4 nitrogen and oxygen atoms in total. The van der Waals surface area contributed by atoms with Gasteiger partial charge in [0.15, 0.2) is 0 Å². The molecular weight excluding hydrogens is 216 g/mol. The number of piperidine rings is 1. The molecule has 0 bridgehead atoms. The summed E-state index contributed by atoms with van der Waals surface area (Å²) < 4.78 is 10.3. The normalized spacial score (nSPS) is 21.9. The van der Waals surface area contributed by atoms with Crippen molar-refractivity contribution >= 4 is 0 Å². The van der Waals surface area contributed by atoms with Crippen LogP contribution in [0.25, 0.3) is 0 Å². The zero-order valence-corrected chi connectivity index (χ0v) is 11.4. The average Bonchev–Trinajstić information content (AvgIpc) is 2.33. The summed E-state index contributed by atoms with van der Waals surface area (Å²) >= 11 is 0. The Bertz CT molecular complexity index is 179. The second-order valence-electron chi connectivity index (χ2n) is 4.93. The molecule has 1 heterocycles. The van der Waals surface area contributed by atoms with Gasteiger partial charge in [-0.25, -0.2) is 0 Å². The first kappa shape index (κ1) is 14.9. The van der Waals surface area contributed by atoms with Crippen LogP contribution in [-0.2, 0) is 9.47 Å². The molecule has 0 aromatic rings. The number of nitrogens with zero attached hydrogens (tertiary/aromatic N) is 1. The molecule has 1 unspecified atom stereocenters. The molecule has 4 heteroatoms. The van der Waals surface area contributed by atoms with Gasteiger partial charge in [0.2, 0.25) is 0 Å². The Labute approximate surface area is 106 Å². The van der Waals surface area contributed by atoms with Crippen LogP contribution in [0.15, 0.2) is 0 Å². The van der Waals surface area contributed by atoms with Crippen LogP contribution in [-0.4, -0.2) is 65.1 Å². The second kappa shape index (κ2) is 9.83. The molecule has 0 saturated carbocycles. The van der Waals surface area contributed by atoms with E-state index in [0.29, 0.717) is 13.2 Å². The number of ether oxygens (including phenoxy) is 2. The maximum absolute atomic E-state index is 5.41. The molecular formula is C13H28N2O2. The minimum Gasteiger partial charge on any atom is -0.382 e. The molecule has 1 N–H and O–H groups in total. The first-order valence-electron chi connectivity index (χ1n) is 6.79. The van der Waals surface area contributed by atoms with Crippen LogP contribution in [0.5, 0.6) is 0 Å². The summed E-state index contributed by atoms with van der Waals surface area (Å²) in [6.45, 7) is 6.98. The summed E-state index contributed by atoms with van der Waals surface area (Å²) in [6.07, 6.45) is 3.82. The molecule has 1 rings (SSSR count). The van der Waals surface area contributed by atoms with Crippen molar-refractivity contribution in [2.75, 3.05) is 60.2 Å². The molecule has 17 heavy (non-hydrogen) atoms. The molecule has 0 aliphatic carbocycles. The topological polar surface area (TPSA) is 33.7 Å². The first-order valence-corrected chi connectivity index (χ1v) is 6.79. The van der Waals surface area contributed by atoms with Gasteiger partial charge >= 0.3 is 0 Å². The molecule has 0 aromatic heterocycles. The van der Waals surface area contributed by atoms with E-state index >= 15 is 0 Å². The second-order valence-corrected chi connectivity index (χ2v) is 4.93. The molecule has 0 aromatic carbocycles. The van der Waals surface area contributed by atoms with Gasteiger partial charge in [0, 0.05) is 20.3 Å². The summed E-state index contributed by atoms with van der Waals surface area (Å²) in [5.41, 5.74) is 0. The number of hydrogen-bond donors (Lipinski definition) is 1. The Balaban J connectivity index is 1.83. The maximum atomic E-state index is 5.41. The lowest BCUT2D eigenvalue weighted by molar-refractivity contribution is 0.0693. The monoisotopic (exact) mass is 244 g/mol. The fraction of sp³-hybridized carbons (Fsp3) is 1.00. The lowest BCUT2D eigenvalue weighted by atomic mass is 9.98. The van der Waals surface area contributed by atoms with Crippen LogP contribution >= 0.6 is 0 Å². The van der Waals surface area contributed by atoms with E-state index < -0.39 is 0 Å². The summed E-state index contributed by atoms with van der Waals surface area (Å²) in [7, 11) is 3.92. The van der Waals surface area contributed by atoms with Crippen LogP contribution < -0.4 is 5.32 Å². The molecule has 0 radical (unpaired) electrons. The van der Waals surface area contributed by atoms with E-state index in [0.717, 1.165) is 32.0 Å². The molecule has 102 valence electrons. The number of likely N-dealkylation sites (tertiary alicyclic amines) is 1. The summed E-state index contributed by atoms with van der Waals surface area (Å²) in [6, 6.07) is 0. The number of nitrogens with one attached hydrogen (secondary N) is 1. The Kier molecular flexibility index (Phi) is 8.61. The third-order valence-electron chi connectivity index (χ3n) is 3.23. The van der Waals surface area contributed by atoms with Crippen molar-refractivity contribution in [1.29, 1.82) is 0 Å².